The monoisotopic (exact) mass is 140 g/mol. The summed E-state index contributed by atoms with van der Waals surface area (Å²) < 4.78 is 0. The van der Waals surface area contributed by atoms with E-state index in [0.717, 1.165) is 25.0 Å². The minimum atomic E-state index is 0.352. The maximum atomic E-state index is 10.4. The van der Waals surface area contributed by atoms with Gasteiger partial charge in [0.25, 0.3) is 0 Å². The van der Waals surface area contributed by atoms with Crippen LogP contribution in [0.1, 0.15) is 39.0 Å². The first-order valence-corrected chi connectivity index (χ1v) is 4.32. The normalized spacial score (nSPS) is 21.7. The van der Waals surface area contributed by atoms with Crippen molar-refractivity contribution in [2.75, 3.05) is 0 Å². The summed E-state index contributed by atoms with van der Waals surface area (Å²) >= 11 is 0. The highest BCUT2D eigenvalue weighted by Crippen LogP contribution is 2.32. The molecule has 1 unspecified atom stereocenters. The molecule has 58 valence electrons. The number of carbonyl (C=O) groups excluding carboxylic acids is 1. The van der Waals surface area contributed by atoms with E-state index in [0.29, 0.717) is 5.92 Å². The van der Waals surface area contributed by atoms with E-state index in [1.807, 2.05) is 0 Å². The molecule has 0 aromatic carbocycles. The third-order valence-electron chi connectivity index (χ3n) is 2.58. The Bertz CT molecular complexity index is 105. The van der Waals surface area contributed by atoms with Gasteiger partial charge in [-0.2, -0.15) is 0 Å². The molecular formula is C9H16O. The molecule has 0 bridgehead atoms. The van der Waals surface area contributed by atoms with Crippen LogP contribution in [-0.2, 0) is 4.79 Å². The van der Waals surface area contributed by atoms with Crippen LogP contribution in [0.15, 0.2) is 0 Å². The van der Waals surface area contributed by atoms with Crippen LogP contribution < -0.4 is 0 Å². The Balaban J connectivity index is 2.13. The van der Waals surface area contributed by atoms with Crippen LogP contribution in [0.2, 0.25) is 0 Å². The van der Waals surface area contributed by atoms with Crippen molar-refractivity contribution < 1.29 is 4.79 Å². The molecular weight excluding hydrogens is 124 g/mol. The number of carbonyl (C=O) groups is 1. The zero-order valence-electron chi connectivity index (χ0n) is 6.68. The van der Waals surface area contributed by atoms with Crippen LogP contribution in [0.3, 0.4) is 0 Å². The molecule has 0 N–H and O–H groups in total. The van der Waals surface area contributed by atoms with E-state index in [-0.39, 0.29) is 0 Å². The Morgan fingerprint density at radius 2 is 2.30 bits per heavy atom. The Kier molecular flexibility index (Phi) is 2.91. The van der Waals surface area contributed by atoms with Crippen molar-refractivity contribution >= 4 is 6.29 Å². The molecule has 0 aromatic rings. The molecule has 1 heteroatoms. The molecule has 1 fully saturated rings. The molecule has 0 aromatic heterocycles. The van der Waals surface area contributed by atoms with Gasteiger partial charge in [-0.25, -0.2) is 0 Å². The number of aldehydes is 1. The highest BCUT2D eigenvalue weighted by atomic mass is 16.1. The molecule has 0 radical (unpaired) electrons. The molecule has 0 amide bonds. The van der Waals surface area contributed by atoms with Crippen LogP contribution >= 0.6 is 0 Å². The van der Waals surface area contributed by atoms with Gasteiger partial charge in [-0.1, -0.05) is 26.2 Å². The molecule has 1 rings (SSSR count). The minimum absolute atomic E-state index is 0.352. The van der Waals surface area contributed by atoms with Crippen molar-refractivity contribution in [3.05, 3.63) is 0 Å². The highest BCUT2D eigenvalue weighted by Gasteiger charge is 2.20. The number of hydrogen-bond donors (Lipinski definition) is 0. The van der Waals surface area contributed by atoms with Crippen molar-refractivity contribution in [1.29, 1.82) is 0 Å². The number of hydrogen-bond acceptors (Lipinski definition) is 1. The van der Waals surface area contributed by atoms with Crippen LogP contribution in [0, 0.1) is 11.8 Å². The molecule has 1 aliphatic rings. The lowest BCUT2D eigenvalue weighted by Crippen LogP contribution is -2.16. The van der Waals surface area contributed by atoms with Gasteiger partial charge < -0.3 is 4.79 Å². The van der Waals surface area contributed by atoms with Gasteiger partial charge in [-0.3, -0.25) is 0 Å². The van der Waals surface area contributed by atoms with E-state index in [1.54, 1.807) is 0 Å². The van der Waals surface area contributed by atoms with E-state index < -0.39 is 0 Å². The lowest BCUT2D eigenvalue weighted by Gasteiger charge is -2.27. The first kappa shape index (κ1) is 7.77. The summed E-state index contributed by atoms with van der Waals surface area (Å²) in [5.74, 6) is 1.24. The Hall–Kier alpha value is -0.330. The van der Waals surface area contributed by atoms with Gasteiger partial charge in [0.05, 0.1) is 0 Å². The standard InChI is InChI=1S/C9H16O/c1-2-8(7-10)6-9-4-3-5-9/h7-9H,2-6H2,1H3. The van der Waals surface area contributed by atoms with E-state index in [1.165, 1.54) is 19.3 Å². The van der Waals surface area contributed by atoms with E-state index in [2.05, 4.69) is 6.92 Å². The first-order chi connectivity index (χ1) is 4.86. The van der Waals surface area contributed by atoms with Gasteiger partial charge >= 0.3 is 0 Å². The molecule has 0 aliphatic heterocycles. The van der Waals surface area contributed by atoms with Crippen LogP contribution in [0.5, 0.6) is 0 Å². The smallest absolute Gasteiger partial charge is 0.123 e. The zero-order valence-corrected chi connectivity index (χ0v) is 6.68. The predicted molar refractivity (Wildman–Crippen MR) is 41.8 cm³/mol. The van der Waals surface area contributed by atoms with Crippen molar-refractivity contribution in [1.82, 2.24) is 0 Å². The molecule has 1 aliphatic carbocycles. The third-order valence-corrected chi connectivity index (χ3v) is 2.58. The second-order valence-corrected chi connectivity index (χ2v) is 3.34. The average Bonchev–Trinajstić information content (AvgIpc) is 1.87. The Labute approximate surface area is 62.8 Å². The van der Waals surface area contributed by atoms with E-state index in [4.69, 9.17) is 0 Å². The van der Waals surface area contributed by atoms with Crippen LogP contribution in [0.25, 0.3) is 0 Å². The van der Waals surface area contributed by atoms with Gasteiger partial charge in [0.15, 0.2) is 0 Å². The summed E-state index contributed by atoms with van der Waals surface area (Å²) in [6.07, 6.45) is 7.42. The summed E-state index contributed by atoms with van der Waals surface area (Å²) in [7, 11) is 0. The highest BCUT2D eigenvalue weighted by molar-refractivity contribution is 5.53. The molecule has 10 heavy (non-hydrogen) atoms. The molecule has 1 nitrogen and oxygen atoms in total. The lowest BCUT2D eigenvalue weighted by molar-refractivity contribution is -0.111. The van der Waals surface area contributed by atoms with Gasteiger partial charge in [-0.05, 0) is 18.8 Å². The van der Waals surface area contributed by atoms with Crippen molar-refractivity contribution in [3.63, 3.8) is 0 Å². The van der Waals surface area contributed by atoms with Gasteiger partial charge in [0.2, 0.25) is 0 Å². The Morgan fingerprint density at radius 3 is 2.60 bits per heavy atom. The van der Waals surface area contributed by atoms with E-state index >= 15 is 0 Å². The van der Waals surface area contributed by atoms with Gasteiger partial charge in [0.1, 0.15) is 6.29 Å². The molecule has 0 heterocycles. The van der Waals surface area contributed by atoms with E-state index in [9.17, 15) is 4.79 Å². The maximum Gasteiger partial charge on any atom is 0.123 e. The maximum absolute atomic E-state index is 10.4. The SMILES string of the molecule is CCC(C=O)CC1CCC1. The van der Waals surface area contributed by atoms with Crippen molar-refractivity contribution in [2.24, 2.45) is 11.8 Å². The average molecular weight is 140 g/mol. The zero-order chi connectivity index (χ0) is 7.40. The molecule has 1 atom stereocenters. The summed E-state index contributed by atoms with van der Waals surface area (Å²) in [6.45, 7) is 2.09. The van der Waals surface area contributed by atoms with Crippen molar-refractivity contribution in [2.45, 2.75) is 39.0 Å². The molecule has 0 spiro atoms. The largest absolute Gasteiger partial charge is 0.303 e. The fourth-order valence-corrected chi connectivity index (χ4v) is 1.48. The topological polar surface area (TPSA) is 17.1 Å². The van der Waals surface area contributed by atoms with Crippen LogP contribution in [0.4, 0.5) is 0 Å². The quantitative estimate of drug-likeness (QED) is 0.548. The first-order valence-electron chi connectivity index (χ1n) is 4.32. The number of rotatable bonds is 4. The van der Waals surface area contributed by atoms with Crippen molar-refractivity contribution in [3.8, 4) is 0 Å². The second-order valence-electron chi connectivity index (χ2n) is 3.34. The third kappa shape index (κ3) is 1.83. The fraction of sp³-hybridized carbons (Fsp3) is 0.889. The molecule has 1 saturated carbocycles. The fourth-order valence-electron chi connectivity index (χ4n) is 1.48. The Morgan fingerprint density at radius 1 is 1.60 bits per heavy atom. The van der Waals surface area contributed by atoms with Gasteiger partial charge in [0, 0.05) is 5.92 Å². The summed E-state index contributed by atoms with van der Waals surface area (Å²) in [5, 5.41) is 0. The van der Waals surface area contributed by atoms with Gasteiger partial charge in [-0.15, -0.1) is 0 Å². The summed E-state index contributed by atoms with van der Waals surface area (Å²) in [5.41, 5.74) is 0. The second kappa shape index (κ2) is 3.75. The van der Waals surface area contributed by atoms with Crippen LogP contribution in [-0.4, -0.2) is 6.29 Å². The minimum Gasteiger partial charge on any atom is -0.303 e. The summed E-state index contributed by atoms with van der Waals surface area (Å²) in [6, 6.07) is 0. The predicted octanol–water partition coefficient (Wildman–Crippen LogP) is 2.40. The molecule has 0 saturated heterocycles. The lowest BCUT2D eigenvalue weighted by atomic mass is 9.79. The summed E-state index contributed by atoms with van der Waals surface area (Å²) in [4.78, 5) is 10.4.